The van der Waals surface area contributed by atoms with Crippen molar-refractivity contribution < 1.29 is 9.47 Å². The molecule has 0 atom stereocenters. The maximum atomic E-state index is 7.53. The van der Waals surface area contributed by atoms with E-state index in [1.165, 1.54) is 58.1 Å². The summed E-state index contributed by atoms with van der Waals surface area (Å²) in [5.41, 5.74) is 18.8. The number of hydrogen-bond acceptors (Lipinski definition) is 3. The molecule has 16 aromatic rings. The van der Waals surface area contributed by atoms with Gasteiger partial charge in [-0.2, -0.15) is 0 Å². The van der Waals surface area contributed by atoms with Crippen LogP contribution in [-0.2, 0) is 5.41 Å². The molecule has 0 saturated heterocycles. The van der Waals surface area contributed by atoms with Gasteiger partial charge in [0.2, 0.25) is 0 Å². The van der Waals surface area contributed by atoms with Gasteiger partial charge in [0.1, 0.15) is 23.0 Å². The van der Waals surface area contributed by atoms with Gasteiger partial charge in [-0.1, -0.05) is 166 Å². The molecule has 0 bridgehead atoms. The molecule has 2 aliphatic heterocycles. The van der Waals surface area contributed by atoms with E-state index >= 15 is 0 Å². The largest absolute Gasteiger partial charge is 0.458 e. The molecule has 0 unspecified atom stereocenters. The van der Waals surface area contributed by atoms with E-state index in [2.05, 4.69) is 283 Å². The fraction of sp³-hybridized carbons (Fsp3) is 0.0526. The molecule has 83 heavy (non-hydrogen) atoms. The molecule has 390 valence electrons. The van der Waals surface area contributed by atoms with Gasteiger partial charge < -0.3 is 23.2 Å². The van der Waals surface area contributed by atoms with E-state index in [1.54, 1.807) is 0 Å². The zero-order chi connectivity index (χ0) is 54.8. The second kappa shape index (κ2) is 17.2. The highest BCUT2D eigenvalue weighted by atomic mass is 32.1. The van der Waals surface area contributed by atoms with Gasteiger partial charge >= 0.3 is 0 Å². The summed E-state index contributed by atoms with van der Waals surface area (Å²) >= 11 is 1.85. The average molecular weight is 1080 g/mol. The van der Waals surface area contributed by atoms with E-state index in [-0.39, 0.29) is 12.1 Å². The molecule has 0 amide bonds. The van der Waals surface area contributed by atoms with E-state index in [9.17, 15) is 0 Å². The molecule has 4 aromatic heterocycles. The minimum absolute atomic E-state index is 0.185. The van der Waals surface area contributed by atoms with Crippen LogP contribution in [0.2, 0.25) is 0 Å². The predicted octanol–water partition coefficient (Wildman–Crippen LogP) is 18.7. The molecular formula is C76H50BN3O2S. The lowest BCUT2D eigenvalue weighted by atomic mass is 9.35. The summed E-state index contributed by atoms with van der Waals surface area (Å²) < 4.78 is 24.9. The van der Waals surface area contributed by atoms with Crippen LogP contribution in [0.4, 0.5) is 0 Å². The fourth-order valence-corrected chi connectivity index (χ4v) is 15.2. The minimum atomic E-state index is -0.198. The van der Waals surface area contributed by atoms with Gasteiger partial charge in [0.05, 0.1) is 38.8 Å². The van der Waals surface area contributed by atoms with Crippen LogP contribution in [0.15, 0.2) is 249 Å². The number of thiophene rings is 1. The molecule has 7 heteroatoms. The molecule has 0 fully saturated rings. The van der Waals surface area contributed by atoms with Crippen LogP contribution >= 0.6 is 11.3 Å². The molecule has 0 radical (unpaired) electrons. The Bertz CT molecular complexity index is 5130. The summed E-state index contributed by atoms with van der Waals surface area (Å²) in [4.78, 5) is 0. The highest BCUT2D eigenvalue weighted by Crippen LogP contribution is 2.49. The van der Waals surface area contributed by atoms with E-state index in [0.29, 0.717) is 0 Å². The molecule has 0 saturated carbocycles. The van der Waals surface area contributed by atoms with Crippen molar-refractivity contribution in [1.29, 1.82) is 0 Å². The highest BCUT2D eigenvalue weighted by molar-refractivity contribution is 7.25. The summed E-state index contributed by atoms with van der Waals surface area (Å²) in [6.07, 6.45) is 0. The third kappa shape index (κ3) is 6.77. The Morgan fingerprint density at radius 1 is 0.349 bits per heavy atom. The first kappa shape index (κ1) is 46.7. The topological polar surface area (TPSA) is 33.2 Å². The van der Waals surface area contributed by atoms with Gasteiger partial charge in [-0.05, 0) is 130 Å². The van der Waals surface area contributed by atoms with E-state index in [0.717, 1.165) is 112 Å². The molecule has 12 aromatic carbocycles. The first-order valence-electron chi connectivity index (χ1n) is 28.7. The van der Waals surface area contributed by atoms with Crippen molar-refractivity contribution in [3.8, 4) is 62.3 Å². The fourth-order valence-electron chi connectivity index (χ4n) is 14.1. The second-order valence-corrected chi connectivity index (χ2v) is 24.6. The van der Waals surface area contributed by atoms with Gasteiger partial charge in [-0.15, -0.1) is 11.3 Å². The van der Waals surface area contributed by atoms with E-state index in [4.69, 9.17) is 9.47 Å². The lowest BCUT2D eigenvalue weighted by molar-refractivity contribution is 0.464. The number of para-hydroxylation sites is 6. The summed E-state index contributed by atoms with van der Waals surface area (Å²) in [7, 11) is 0. The van der Waals surface area contributed by atoms with E-state index in [1.807, 2.05) is 11.3 Å². The Balaban J connectivity index is 0.927. The zero-order valence-corrected chi connectivity index (χ0v) is 46.6. The summed E-state index contributed by atoms with van der Waals surface area (Å²) in [6, 6.07) is 91.7. The minimum Gasteiger partial charge on any atom is -0.458 e. The Labute approximate surface area is 483 Å². The normalized spacial score (nSPS) is 12.9. The van der Waals surface area contributed by atoms with Crippen molar-refractivity contribution >= 4 is 120 Å². The third-order valence-electron chi connectivity index (χ3n) is 17.9. The van der Waals surface area contributed by atoms with Crippen LogP contribution in [0.5, 0.6) is 23.0 Å². The Morgan fingerprint density at radius 2 is 0.771 bits per heavy atom. The van der Waals surface area contributed by atoms with Gasteiger partial charge in [-0.3, -0.25) is 0 Å². The quantitative estimate of drug-likeness (QED) is 0.161. The van der Waals surface area contributed by atoms with E-state index < -0.39 is 0 Å². The first-order valence-corrected chi connectivity index (χ1v) is 29.5. The van der Waals surface area contributed by atoms with Crippen LogP contribution in [0, 0.1) is 0 Å². The number of aromatic nitrogens is 3. The van der Waals surface area contributed by atoms with Crippen LogP contribution in [-0.4, -0.2) is 20.4 Å². The SMILES string of the molecule is CC(C)(C)c1cc(-c2ccc3sc4ccccc4c3c2)c(-c2cc3c4c(c2)Oc2cc(-n5c6ccccc6c6ccccc65)ccc2B4c2ccc(-n4c5ccccc5c5ccccc54)cc2O3)c(-n2c3ccccc3c3ccccc32)c1. The third-order valence-corrected chi connectivity index (χ3v) is 19.1. The zero-order valence-electron chi connectivity index (χ0n) is 45.8. The number of benzene rings is 12. The molecular weight excluding hydrogens is 1030 g/mol. The Hall–Kier alpha value is -10.1. The number of fused-ring (bicyclic) bond motifs is 16. The number of hydrogen-bond donors (Lipinski definition) is 0. The number of nitrogens with zero attached hydrogens (tertiary/aromatic N) is 3. The summed E-state index contributed by atoms with van der Waals surface area (Å²) in [5, 5.41) is 9.84. The standard InChI is InChI=1S/C76H50BN3O2S/c1-76(2,3)47-41-57(45-32-37-73-58(38-45)56-24-10-17-31-72(56)83-73)74(67(42-47)80-65-29-15-8-22-54(65)55-23-9-16-30-66(55)80)46-39-70-75-71(40-46)82-69-44-49(79-63-27-13-6-20-52(63)53-21-7-14-28-64(53)79)34-36-60(69)77(75)59-35-33-48(43-68(59)81-70)78-61-25-11-4-18-50(61)51-19-5-12-26-62(51)78/h4-44H,1-3H3. The Kier molecular flexibility index (Phi) is 9.68. The summed E-state index contributed by atoms with van der Waals surface area (Å²) in [5.74, 6) is 3.21. The van der Waals surface area contributed by atoms with Crippen molar-refractivity contribution in [2.24, 2.45) is 0 Å². The molecule has 6 heterocycles. The molecule has 18 rings (SSSR count). The van der Waals surface area contributed by atoms with Crippen molar-refractivity contribution in [2.45, 2.75) is 26.2 Å². The first-order chi connectivity index (χ1) is 40.8. The Morgan fingerprint density at radius 3 is 1.24 bits per heavy atom. The van der Waals surface area contributed by atoms with Crippen LogP contribution in [0.25, 0.3) is 125 Å². The predicted molar refractivity (Wildman–Crippen MR) is 350 cm³/mol. The monoisotopic (exact) mass is 1080 g/mol. The van der Waals surface area contributed by atoms with Gasteiger partial charge in [0, 0.05) is 87.0 Å². The molecule has 0 aliphatic carbocycles. The van der Waals surface area contributed by atoms with Gasteiger partial charge in [0.25, 0.3) is 6.71 Å². The van der Waals surface area contributed by atoms with Gasteiger partial charge in [0.15, 0.2) is 0 Å². The molecule has 2 aliphatic rings. The lowest BCUT2D eigenvalue weighted by Crippen LogP contribution is -2.57. The molecule has 5 nitrogen and oxygen atoms in total. The smallest absolute Gasteiger partial charge is 0.260 e. The number of rotatable bonds is 5. The van der Waals surface area contributed by atoms with Crippen molar-refractivity contribution in [3.63, 3.8) is 0 Å². The summed E-state index contributed by atoms with van der Waals surface area (Å²) in [6.45, 7) is 6.81. The van der Waals surface area contributed by atoms with Gasteiger partial charge in [-0.25, -0.2) is 0 Å². The molecule has 0 spiro atoms. The maximum Gasteiger partial charge on any atom is 0.260 e. The van der Waals surface area contributed by atoms with Crippen LogP contribution in [0.3, 0.4) is 0 Å². The second-order valence-electron chi connectivity index (χ2n) is 23.6. The van der Waals surface area contributed by atoms with Crippen molar-refractivity contribution in [1.82, 2.24) is 13.7 Å². The number of ether oxygens (including phenoxy) is 2. The molecule has 0 N–H and O–H groups in total. The highest BCUT2D eigenvalue weighted by Gasteiger charge is 2.41. The average Bonchev–Trinajstić information content (AvgIpc) is 3.27. The van der Waals surface area contributed by atoms with Crippen molar-refractivity contribution in [3.05, 3.63) is 254 Å². The van der Waals surface area contributed by atoms with Crippen LogP contribution < -0.4 is 25.9 Å². The lowest BCUT2D eigenvalue weighted by Gasteiger charge is -2.34. The van der Waals surface area contributed by atoms with Crippen LogP contribution in [0.1, 0.15) is 26.3 Å². The maximum absolute atomic E-state index is 7.53. The van der Waals surface area contributed by atoms with Crippen molar-refractivity contribution in [2.75, 3.05) is 0 Å².